The molecule has 0 aliphatic heterocycles. The van der Waals surface area contributed by atoms with Crippen LogP contribution in [0.5, 0.6) is 0 Å². The van der Waals surface area contributed by atoms with Crippen LogP contribution in [0.2, 0.25) is 5.02 Å². The van der Waals surface area contributed by atoms with Crippen molar-refractivity contribution >= 4 is 39.1 Å². The fourth-order valence-electron chi connectivity index (χ4n) is 3.44. The molecule has 2 aromatic rings. The van der Waals surface area contributed by atoms with Crippen LogP contribution in [-0.2, 0) is 32.6 Å². The predicted molar refractivity (Wildman–Crippen MR) is 133 cm³/mol. The molecule has 0 aliphatic carbocycles. The molecule has 0 aliphatic rings. The van der Waals surface area contributed by atoms with Crippen molar-refractivity contribution in [3.05, 3.63) is 64.7 Å². The van der Waals surface area contributed by atoms with Gasteiger partial charge in [0.15, 0.2) is 0 Å². The van der Waals surface area contributed by atoms with E-state index in [1.54, 1.807) is 43.3 Å². The van der Waals surface area contributed by atoms with Gasteiger partial charge in [0.25, 0.3) is 0 Å². The standard InChI is InChI=1S/C24H32ClN3O4S/c1-5-15-26-24(30)18(3)27(16-20-12-7-9-13-21(20)25)23(29)17-28(33(4,31)32)22-14-10-8-11-19(22)6-2/h7-14,18H,5-6,15-17H2,1-4H3,(H,26,30)/t18-/m1/s1. The molecule has 0 radical (unpaired) electrons. The number of halogens is 1. The van der Waals surface area contributed by atoms with Gasteiger partial charge in [-0.05, 0) is 43.0 Å². The van der Waals surface area contributed by atoms with Crippen LogP contribution < -0.4 is 9.62 Å². The summed E-state index contributed by atoms with van der Waals surface area (Å²) in [5, 5.41) is 3.27. The Hall–Kier alpha value is -2.58. The van der Waals surface area contributed by atoms with Gasteiger partial charge in [-0.3, -0.25) is 13.9 Å². The number of carbonyl (C=O) groups excluding carboxylic acids is 2. The SMILES string of the molecule is CCCNC(=O)[C@@H](C)N(Cc1ccccc1Cl)C(=O)CN(c1ccccc1CC)S(C)(=O)=O. The number of nitrogens with zero attached hydrogens (tertiary/aromatic N) is 2. The van der Waals surface area contributed by atoms with Gasteiger partial charge in [-0.25, -0.2) is 8.42 Å². The minimum atomic E-state index is -3.76. The Morgan fingerprint density at radius 2 is 1.64 bits per heavy atom. The Balaban J connectivity index is 2.42. The number of hydrogen-bond acceptors (Lipinski definition) is 4. The monoisotopic (exact) mass is 493 g/mol. The first-order chi connectivity index (χ1) is 15.6. The maximum atomic E-state index is 13.5. The van der Waals surface area contributed by atoms with Gasteiger partial charge in [-0.15, -0.1) is 0 Å². The molecular formula is C24H32ClN3O4S. The number of carbonyl (C=O) groups is 2. The smallest absolute Gasteiger partial charge is 0.244 e. The van der Waals surface area contributed by atoms with E-state index in [9.17, 15) is 18.0 Å². The number of rotatable bonds is 11. The van der Waals surface area contributed by atoms with Crippen molar-refractivity contribution in [2.24, 2.45) is 0 Å². The topological polar surface area (TPSA) is 86.8 Å². The number of para-hydroxylation sites is 1. The van der Waals surface area contributed by atoms with Crippen molar-refractivity contribution in [2.75, 3.05) is 23.7 Å². The van der Waals surface area contributed by atoms with E-state index >= 15 is 0 Å². The molecule has 7 nitrogen and oxygen atoms in total. The fourth-order valence-corrected chi connectivity index (χ4v) is 4.51. The lowest BCUT2D eigenvalue weighted by molar-refractivity contribution is -0.139. The Kier molecular flexibility index (Phi) is 9.73. The van der Waals surface area contributed by atoms with Crippen LogP contribution in [-0.4, -0.2) is 50.5 Å². The zero-order valence-corrected chi connectivity index (χ0v) is 21.1. The number of sulfonamides is 1. The highest BCUT2D eigenvalue weighted by Crippen LogP contribution is 2.25. The van der Waals surface area contributed by atoms with E-state index in [1.807, 2.05) is 26.0 Å². The molecule has 0 spiro atoms. The average molecular weight is 494 g/mol. The molecule has 0 fully saturated rings. The maximum absolute atomic E-state index is 13.5. The highest BCUT2D eigenvalue weighted by Gasteiger charge is 2.30. The van der Waals surface area contributed by atoms with Gasteiger partial charge in [0.05, 0.1) is 11.9 Å². The Bertz CT molecular complexity index is 1070. The van der Waals surface area contributed by atoms with Gasteiger partial charge in [-0.2, -0.15) is 0 Å². The van der Waals surface area contributed by atoms with Crippen molar-refractivity contribution in [3.8, 4) is 0 Å². The van der Waals surface area contributed by atoms with Crippen LogP contribution in [0.1, 0.15) is 38.3 Å². The molecule has 0 saturated carbocycles. The minimum Gasteiger partial charge on any atom is -0.354 e. The quantitative estimate of drug-likeness (QED) is 0.518. The van der Waals surface area contributed by atoms with E-state index in [-0.39, 0.29) is 12.5 Å². The highest BCUT2D eigenvalue weighted by molar-refractivity contribution is 7.92. The van der Waals surface area contributed by atoms with E-state index in [0.29, 0.717) is 29.2 Å². The second-order valence-electron chi connectivity index (χ2n) is 7.83. The van der Waals surface area contributed by atoms with E-state index in [4.69, 9.17) is 11.6 Å². The largest absolute Gasteiger partial charge is 0.354 e. The van der Waals surface area contributed by atoms with E-state index in [0.717, 1.165) is 22.5 Å². The first-order valence-electron chi connectivity index (χ1n) is 11.0. The second kappa shape index (κ2) is 12.0. The summed E-state index contributed by atoms with van der Waals surface area (Å²) in [7, 11) is -3.76. The van der Waals surface area contributed by atoms with E-state index in [1.165, 1.54) is 4.90 Å². The Morgan fingerprint density at radius 3 is 2.21 bits per heavy atom. The number of hydrogen-bond donors (Lipinski definition) is 1. The fraction of sp³-hybridized carbons (Fsp3) is 0.417. The molecule has 1 N–H and O–H groups in total. The molecule has 0 bridgehead atoms. The number of aryl methyl sites for hydroxylation is 1. The lowest BCUT2D eigenvalue weighted by atomic mass is 10.1. The van der Waals surface area contributed by atoms with Crippen LogP contribution >= 0.6 is 11.6 Å². The second-order valence-corrected chi connectivity index (χ2v) is 10.1. The summed E-state index contributed by atoms with van der Waals surface area (Å²) >= 11 is 6.31. The molecule has 33 heavy (non-hydrogen) atoms. The Labute approximate surface area is 201 Å². The zero-order chi connectivity index (χ0) is 24.6. The maximum Gasteiger partial charge on any atom is 0.244 e. The summed E-state index contributed by atoms with van der Waals surface area (Å²) in [6, 6.07) is 13.3. The lowest BCUT2D eigenvalue weighted by Gasteiger charge is -2.32. The number of anilines is 1. The zero-order valence-electron chi connectivity index (χ0n) is 19.5. The van der Waals surface area contributed by atoms with E-state index < -0.39 is 28.5 Å². The average Bonchev–Trinajstić information content (AvgIpc) is 2.79. The summed E-state index contributed by atoms with van der Waals surface area (Å²) in [6.07, 6.45) is 2.44. The molecule has 9 heteroatoms. The number of amides is 2. The van der Waals surface area contributed by atoms with Crippen molar-refractivity contribution in [2.45, 2.75) is 46.2 Å². The van der Waals surface area contributed by atoms with Gasteiger partial charge in [0, 0.05) is 18.1 Å². The molecule has 2 amide bonds. The third-order valence-corrected chi connectivity index (χ3v) is 6.83. The summed E-state index contributed by atoms with van der Waals surface area (Å²) in [6.45, 7) is 5.62. The number of benzene rings is 2. The van der Waals surface area contributed by atoms with Crippen molar-refractivity contribution < 1.29 is 18.0 Å². The molecule has 1 atom stereocenters. The van der Waals surface area contributed by atoms with Gasteiger partial charge in [0.1, 0.15) is 12.6 Å². The normalized spacial score (nSPS) is 12.2. The van der Waals surface area contributed by atoms with Crippen molar-refractivity contribution in [1.82, 2.24) is 10.2 Å². The molecule has 0 saturated heterocycles. The van der Waals surface area contributed by atoms with Gasteiger partial charge >= 0.3 is 0 Å². The molecule has 0 unspecified atom stereocenters. The highest BCUT2D eigenvalue weighted by atomic mass is 35.5. The number of nitrogens with one attached hydrogen (secondary N) is 1. The first kappa shape index (κ1) is 26.7. The molecular weight excluding hydrogens is 462 g/mol. The molecule has 180 valence electrons. The molecule has 2 rings (SSSR count). The van der Waals surface area contributed by atoms with Crippen LogP contribution in [0.4, 0.5) is 5.69 Å². The molecule has 0 aromatic heterocycles. The summed E-state index contributed by atoms with van der Waals surface area (Å²) in [5.74, 6) is -0.803. The Morgan fingerprint density at radius 1 is 1.03 bits per heavy atom. The van der Waals surface area contributed by atoms with Gasteiger partial charge in [0.2, 0.25) is 21.8 Å². The van der Waals surface area contributed by atoms with Crippen LogP contribution in [0.25, 0.3) is 0 Å². The van der Waals surface area contributed by atoms with Gasteiger partial charge in [-0.1, -0.05) is 61.8 Å². The van der Waals surface area contributed by atoms with E-state index in [2.05, 4.69) is 5.32 Å². The van der Waals surface area contributed by atoms with Crippen LogP contribution in [0.15, 0.2) is 48.5 Å². The summed E-state index contributed by atoms with van der Waals surface area (Å²) < 4.78 is 26.4. The predicted octanol–water partition coefficient (Wildman–Crippen LogP) is 3.61. The molecule has 2 aromatic carbocycles. The first-order valence-corrected chi connectivity index (χ1v) is 13.2. The van der Waals surface area contributed by atoms with Crippen LogP contribution in [0.3, 0.4) is 0 Å². The van der Waals surface area contributed by atoms with Crippen molar-refractivity contribution in [1.29, 1.82) is 0 Å². The van der Waals surface area contributed by atoms with Gasteiger partial charge < -0.3 is 10.2 Å². The molecule has 0 heterocycles. The third-order valence-electron chi connectivity index (χ3n) is 5.34. The summed E-state index contributed by atoms with van der Waals surface area (Å²) in [4.78, 5) is 27.6. The summed E-state index contributed by atoms with van der Waals surface area (Å²) in [5.41, 5.74) is 1.93. The van der Waals surface area contributed by atoms with Crippen LogP contribution in [0, 0.1) is 0 Å². The third kappa shape index (κ3) is 7.20. The van der Waals surface area contributed by atoms with Crippen molar-refractivity contribution in [3.63, 3.8) is 0 Å². The lowest BCUT2D eigenvalue weighted by Crippen LogP contribution is -2.51. The minimum absolute atomic E-state index is 0.0756.